The smallest absolute Gasteiger partial charge is 0.276 e. The van der Waals surface area contributed by atoms with Gasteiger partial charge in [0, 0.05) is 26.8 Å². The van der Waals surface area contributed by atoms with Gasteiger partial charge in [-0.15, -0.1) is 0 Å². The second-order valence-electron chi connectivity index (χ2n) is 6.88. The number of nitrogens with zero attached hydrogens (tertiary/aromatic N) is 3. The molecule has 4 rings (SSSR count). The lowest BCUT2D eigenvalue weighted by Gasteiger charge is -2.21. The van der Waals surface area contributed by atoms with Crippen LogP contribution in [-0.4, -0.2) is 25.0 Å². The average Bonchev–Trinajstić information content (AvgIpc) is 2.79. The van der Waals surface area contributed by atoms with Gasteiger partial charge < -0.3 is 0 Å². The van der Waals surface area contributed by atoms with Gasteiger partial charge in [-0.25, -0.2) is 9.78 Å². The summed E-state index contributed by atoms with van der Waals surface area (Å²) in [6, 6.07) is 13.5. The van der Waals surface area contributed by atoms with Crippen LogP contribution in [-0.2, 0) is 0 Å². The van der Waals surface area contributed by atoms with Crippen LogP contribution < -0.4 is 11.2 Å². The van der Waals surface area contributed by atoms with Crippen molar-refractivity contribution in [3.63, 3.8) is 0 Å². The molecule has 0 aliphatic carbocycles. The Hall–Kier alpha value is -2.62. The molecule has 0 saturated carbocycles. The van der Waals surface area contributed by atoms with Crippen LogP contribution in [0.25, 0.3) is 5.69 Å². The fourth-order valence-electron chi connectivity index (χ4n) is 3.10. The van der Waals surface area contributed by atoms with Crippen molar-refractivity contribution >= 4 is 63.4 Å². The molecule has 1 N–H and O–H groups in total. The summed E-state index contributed by atoms with van der Waals surface area (Å²) in [6.45, 7) is 0. The van der Waals surface area contributed by atoms with Crippen LogP contribution in [0.3, 0.4) is 0 Å². The number of aromatic amines is 1. The molecule has 7 nitrogen and oxygen atoms in total. The molecule has 0 bridgehead atoms. The first-order valence-electron chi connectivity index (χ1n) is 9.49. The number of halogens is 4. The third-order valence-electron chi connectivity index (χ3n) is 4.66. The molecule has 172 valence electrons. The van der Waals surface area contributed by atoms with E-state index in [0.717, 1.165) is 16.4 Å². The molecule has 4 aromatic rings. The molecular formula is C22H12Cl4N4O3S. The van der Waals surface area contributed by atoms with Crippen LogP contribution >= 0.6 is 58.2 Å². The first-order chi connectivity index (χ1) is 16.2. The SMILES string of the molecule is O=C(Cl)c1ccc(SC(c2ccc(Cl)cc2)c2c(Cl)cc(-n3ncc(=O)[nH]c3=O)cc2Cl)nc1. The normalized spacial score (nSPS) is 11.9. The van der Waals surface area contributed by atoms with Gasteiger partial charge in [-0.2, -0.15) is 9.78 Å². The predicted molar refractivity (Wildman–Crippen MR) is 134 cm³/mol. The molecule has 34 heavy (non-hydrogen) atoms. The lowest BCUT2D eigenvalue weighted by Crippen LogP contribution is -2.30. The Morgan fingerprint density at radius 3 is 2.21 bits per heavy atom. The van der Waals surface area contributed by atoms with E-state index >= 15 is 0 Å². The topological polar surface area (TPSA) is 97.7 Å². The summed E-state index contributed by atoms with van der Waals surface area (Å²) < 4.78 is 0.983. The van der Waals surface area contributed by atoms with Crippen LogP contribution in [0.15, 0.2) is 75.5 Å². The number of H-pyrrole nitrogens is 1. The molecule has 1 unspecified atom stereocenters. The molecule has 0 amide bonds. The summed E-state index contributed by atoms with van der Waals surface area (Å²) in [6.07, 6.45) is 2.36. The minimum absolute atomic E-state index is 0.266. The van der Waals surface area contributed by atoms with Crippen molar-refractivity contribution in [1.82, 2.24) is 19.7 Å². The lowest BCUT2D eigenvalue weighted by molar-refractivity contribution is 0.108. The predicted octanol–water partition coefficient (Wildman–Crippen LogP) is 5.54. The summed E-state index contributed by atoms with van der Waals surface area (Å²) in [4.78, 5) is 41.3. The monoisotopic (exact) mass is 552 g/mol. The summed E-state index contributed by atoms with van der Waals surface area (Å²) in [5.74, 6) is 0. The molecule has 0 spiro atoms. The Morgan fingerprint density at radius 2 is 1.65 bits per heavy atom. The molecule has 0 saturated heterocycles. The highest BCUT2D eigenvalue weighted by Gasteiger charge is 2.24. The summed E-state index contributed by atoms with van der Waals surface area (Å²) in [7, 11) is 0. The molecule has 0 fully saturated rings. The third-order valence-corrected chi connectivity index (χ3v) is 6.98. The van der Waals surface area contributed by atoms with Crippen LogP contribution in [0.1, 0.15) is 26.7 Å². The van der Waals surface area contributed by atoms with Crippen molar-refractivity contribution in [3.05, 3.63) is 114 Å². The number of rotatable bonds is 6. The Kier molecular flexibility index (Phi) is 7.45. The number of hydrogen-bond donors (Lipinski definition) is 1. The van der Waals surface area contributed by atoms with E-state index in [0.29, 0.717) is 15.6 Å². The van der Waals surface area contributed by atoms with E-state index in [2.05, 4.69) is 15.1 Å². The van der Waals surface area contributed by atoms with Gasteiger partial charge in [0.15, 0.2) is 0 Å². The molecule has 2 heterocycles. The van der Waals surface area contributed by atoms with Gasteiger partial charge in [0.1, 0.15) is 6.20 Å². The minimum atomic E-state index is -0.728. The number of pyridine rings is 1. The third kappa shape index (κ3) is 5.37. The highest BCUT2D eigenvalue weighted by molar-refractivity contribution is 7.99. The maximum atomic E-state index is 12.2. The number of hydrogen-bond acceptors (Lipinski definition) is 6. The molecule has 0 aliphatic heterocycles. The van der Waals surface area contributed by atoms with Gasteiger partial charge in [0.2, 0.25) is 0 Å². The van der Waals surface area contributed by atoms with Gasteiger partial charge in [0.05, 0.1) is 21.5 Å². The largest absolute Gasteiger partial charge is 0.349 e. The van der Waals surface area contributed by atoms with Crippen LogP contribution in [0.5, 0.6) is 0 Å². The number of carbonyl (C=O) groups is 1. The Labute approximate surface area is 216 Å². The molecule has 0 radical (unpaired) electrons. The fourth-order valence-corrected chi connectivity index (χ4v) is 5.33. The quantitative estimate of drug-likeness (QED) is 0.249. The number of carbonyl (C=O) groups excluding carboxylic acids is 1. The molecule has 12 heteroatoms. The lowest BCUT2D eigenvalue weighted by atomic mass is 10.0. The number of thioether (sulfide) groups is 1. The Balaban J connectivity index is 1.80. The highest BCUT2D eigenvalue weighted by atomic mass is 35.5. The summed E-state index contributed by atoms with van der Waals surface area (Å²) in [5, 5.41) is 4.50. The highest BCUT2D eigenvalue weighted by Crippen LogP contribution is 2.46. The molecule has 2 aromatic heterocycles. The van der Waals surface area contributed by atoms with Gasteiger partial charge in [0.25, 0.3) is 10.8 Å². The molecule has 0 aliphatic rings. The molecular weight excluding hydrogens is 542 g/mol. The first-order valence-corrected chi connectivity index (χ1v) is 11.9. The first kappa shape index (κ1) is 24.5. The zero-order valence-corrected chi connectivity index (χ0v) is 20.7. The van der Waals surface area contributed by atoms with Crippen molar-refractivity contribution in [2.45, 2.75) is 10.3 Å². The summed E-state index contributed by atoms with van der Waals surface area (Å²) in [5.41, 5.74) is 0.606. The maximum absolute atomic E-state index is 12.2. The molecule has 2 aromatic carbocycles. The summed E-state index contributed by atoms with van der Waals surface area (Å²) >= 11 is 26.2. The minimum Gasteiger partial charge on any atom is -0.276 e. The number of nitrogens with one attached hydrogen (secondary N) is 1. The number of aromatic nitrogens is 4. The van der Waals surface area contributed by atoms with Gasteiger partial charge >= 0.3 is 5.69 Å². The van der Waals surface area contributed by atoms with Crippen LogP contribution in [0, 0.1) is 0 Å². The van der Waals surface area contributed by atoms with E-state index in [1.807, 2.05) is 12.1 Å². The van der Waals surface area contributed by atoms with Gasteiger partial charge in [-0.3, -0.25) is 14.6 Å². The van der Waals surface area contributed by atoms with Crippen molar-refractivity contribution in [2.24, 2.45) is 0 Å². The molecule has 1 atom stereocenters. The number of benzene rings is 2. The standard InChI is InChI=1S/C22H12Cl4N4O3S/c23-13-4-1-11(2-5-13)20(34-18-6-3-12(9-27-18)21(26)32)19-15(24)7-14(8-16(19)25)30-22(33)29-17(31)10-28-30/h1-10,20H,(H,29,31,33). The van der Waals surface area contributed by atoms with E-state index < -0.39 is 21.7 Å². The second-order valence-corrected chi connectivity index (χ2v) is 9.60. The zero-order chi connectivity index (χ0) is 24.4. The second kappa shape index (κ2) is 10.3. The van der Waals surface area contributed by atoms with E-state index in [4.69, 9.17) is 46.4 Å². The fraction of sp³-hybridized carbons (Fsp3) is 0.0455. The van der Waals surface area contributed by atoms with Crippen molar-refractivity contribution in [2.75, 3.05) is 0 Å². The van der Waals surface area contributed by atoms with E-state index in [-0.39, 0.29) is 21.3 Å². The van der Waals surface area contributed by atoms with Gasteiger partial charge in [-0.1, -0.05) is 58.7 Å². The van der Waals surface area contributed by atoms with Crippen LogP contribution in [0.4, 0.5) is 0 Å². The van der Waals surface area contributed by atoms with E-state index in [9.17, 15) is 14.4 Å². The van der Waals surface area contributed by atoms with Gasteiger partial charge in [-0.05, 0) is 53.6 Å². The van der Waals surface area contributed by atoms with E-state index in [1.54, 1.807) is 24.3 Å². The van der Waals surface area contributed by atoms with Crippen molar-refractivity contribution < 1.29 is 4.79 Å². The van der Waals surface area contributed by atoms with Crippen molar-refractivity contribution in [1.29, 1.82) is 0 Å². The van der Waals surface area contributed by atoms with E-state index in [1.165, 1.54) is 30.1 Å². The van der Waals surface area contributed by atoms with Crippen molar-refractivity contribution in [3.8, 4) is 5.69 Å². The average molecular weight is 554 g/mol. The maximum Gasteiger partial charge on any atom is 0.349 e. The van der Waals surface area contributed by atoms with Crippen LogP contribution in [0.2, 0.25) is 15.1 Å². The Bertz CT molecular complexity index is 1470. The zero-order valence-electron chi connectivity index (χ0n) is 16.8. The Morgan fingerprint density at radius 1 is 0.971 bits per heavy atom.